The molecule has 0 radical (unpaired) electrons. The third-order valence-electron chi connectivity index (χ3n) is 9.15. The molecule has 0 rings (SSSR count). The Balaban J connectivity index is 3.95. The number of allylic oxidation sites excluding steroid dienone is 6. The largest absolute Gasteiger partial charge is 0.480 e. The van der Waals surface area contributed by atoms with Crippen LogP contribution in [0.4, 0.5) is 0 Å². The lowest BCUT2D eigenvalue weighted by molar-refractivity contribution is -0.147. The normalized spacial score (nSPS) is 14.1. The summed E-state index contributed by atoms with van der Waals surface area (Å²) in [5.74, 6) is -2.40. The Kier molecular flexibility index (Phi) is 37.0. The lowest BCUT2D eigenvalue weighted by Crippen LogP contribution is -2.43. The number of unbranched alkanes of at least 4 members (excludes halogenated alkanes) is 20. The summed E-state index contributed by atoms with van der Waals surface area (Å²) >= 11 is 0. The molecule has 4 N–H and O–H groups in total. The molecule has 1 amide bonds. The Labute approximate surface area is 333 Å². The summed E-state index contributed by atoms with van der Waals surface area (Å²) in [6.07, 6.45) is 40.2. The SMILES string of the molecule is CCCCCC/C=C\C/C=C\CCCCCCCC(=O)NC(COP(=O)(O)OCC(O)COC(=O)CCCCCCC/C=C\CCCCCCCC)C(=O)O. The summed E-state index contributed by atoms with van der Waals surface area (Å²) < 4.78 is 26.8. The van der Waals surface area contributed by atoms with Gasteiger partial charge in [-0.3, -0.25) is 18.6 Å². The molecular formula is C43H78NO10P. The average molecular weight is 800 g/mol. The van der Waals surface area contributed by atoms with Crippen molar-refractivity contribution < 1.29 is 47.8 Å². The number of aliphatic hydroxyl groups is 1. The zero-order valence-electron chi connectivity index (χ0n) is 34.5. The van der Waals surface area contributed by atoms with Crippen LogP contribution in [0.15, 0.2) is 36.5 Å². The number of carbonyl (C=O) groups excluding carboxylic acids is 2. The minimum Gasteiger partial charge on any atom is -0.480 e. The maximum absolute atomic E-state index is 12.3. The lowest BCUT2D eigenvalue weighted by Gasteiger charge is -2.18. The number of carboxylic acids is 1. The molecule has 320 valence electrons. The fraction of sp³-hybridized carbons (Fsp3) is 0.791. The van der Waals surface area contributed by atoms with Crippen LogP contribution >= 0.6 is 7.82 Å². The number of hydrogen-bond donors (Lipinski definition) is 4. The number of ether oxygens (including phenoxy) is 1. The van der Waals surface area contributed by atoms with Crippen LogP contribution in [0.1, 0.15) is 187 Å². The molecule has 0 saturated heterocycles. The zero-order valence-corrected chi connectivity index (χ0v) is 35.4. The van der Waals surface area contributed by atoms with E-state index in [2.05, 4.69) is 55.6 Å². The van der Waals surface area contributed by atoms with Crippen LogP contribution in [0.2, 0.25) is 0 Å². The molecule has 12 heteroatoms. The topological polar surface area (TPSA) is 169 Å². The van der Waals surface area contributed by atoms with Gasteiger partial charge in [-0.25, -0.2) is 9.36 Å². The third-order valence-corrected chi connectivity index (χ3v) is 10.1. The number of aliphatic hydroxyl groups excluding tert-OH is 1. The van der Waals surface area contributed by atoms with E-state index in [1.54, 1.807) is 0 Å². The van der Waals surface area contributed by atoms with Gasteiger partial charge in [-0.2, -0.15) is 0 Å². The van der Waals surface area contributed by atoms with Gasteiger partial charge in [0.25, 0.3) is 0 Å². The quantitative estimate of drug-likeness (QED) is 0.0202. The predicted octanol–water partition coefficient (Wildman–Crippen LogP) is 10.8. The summed E-state index contributed by atoms with van der Waals surface area (Å²) in [5.41, 5.74) is 0. The van der Waals surface area contributed by atoms with Crippen LogP contribution in [0.5, 0.6) is 0 Å². The first kappa shape index (κ1) is 52.7. The van der Waals surface area contributed by atoms with Crippen molar-refractivity contribution in [3.05, 3.63) is 36.5 Å². The van der Waals surface area contributed by atoms with Gasteiger partial charge in [-0.05, 0) is 70.6 Å². The van der Waals surface area contributed by atoms with Crippen LogP contribution in [0.25, 0.3) is 0 Å². The van der Waals surface area contributed by atoms with Crippen LogP contribution in [0, 0.1) is 0 Å². The van der Waals surface area contributed by atoms with Crippen molar-refractivity contribution in [2.24, 2.45) is 0 Å². The maximum atomic E-state index is 12.3. The van der Waals surface area contributed by atoms with Gasteiger partial charge in [0.2, 0.25) is 5.91 Å². The molecule has 55 heavy (non-hydrogen) atoms. The maximum Gasteiger partial charge on any atom is 0.472 e. The Bertz CT molecular complexity index is 1080. The smallest absolute Gasteiger partial charge is 0.472 e. The van der Waals surface area contributed by atoms with E-state index < -0.39 is 57.6 Å². The monoisotopic (exact) mass is 800 g/mol. The number of amides is 1. The van der Waals surface area contributed by atoms with E-state index >= 15 is 0 Å². The number of carboxylic acid groups (broad SMARTS) is 1. The highest BCUT2D eigenvalue weighted by Gasteiger charge is 2.28. The van der Waals surface area contributed by atoms with E-state index in [9.17, 15) is 34.1 Å². The highest BCUT2D eigenvalue weighted by atomic mass is 31.2. The van der Waals surface area contributed by atoms with Gasteiger partial charge < -0.3 is 25.2 Å². The van der Waals surface area contributed by atoms with Gasteiger partial charge in [0.05, 0.1) is 13.2 Å². The first-order valence-corrected chi connectivity index (χ1v) is 23.0. The molecule has 0 aliphatic rings. The minimum absolute atomic E-state index is 0.129. The molecule has 0 aliphatic carbocycles. The molecule has 3 atom stereocenters. The molecule has 0 saturated carbocycles. The number of phosphoric ester groups is 1. The Morgan fingerprint density at radius 3 is 1.51 bits per heavy atom. The molecular weight excluding hydrogens is 721 g/mol. The highest BCUT2D eigenvalue weighted by molar-refractivity contribution is 7.47. The van der Waals surface area contributed by atoms with Crippen LogP contribution in [-0.2, 0) is 32.7 Å². The second-order valence-corrected chi connectivity index (χ2v) is 16.0. The van der Waals surface area contributed by atoms with Crippen molar-refractivity contribution in [2.75, 3.05) is 19.8 Å². The van der Waals surface area contributed by atoms with E-state index in [0.717, 1.165) is 83.5 Å². The average Bonchev–Trinajstić information content (AvgIpc) is 3.16. The fourth-order valence-electron chi connectivity index (χ4n) is 5.75. The summed E-state index contributed by atoms with van der Waals surface area (Å²) in [5, 5.41) is 21.8. The summed E-state index contributed by atoms with van der Waals surface area (Å²) in [4.78, 5) is 45.9. The van der Waals surface area contributed by atoms with E-state index in [-0.39, 0.29) is 12.8 Å². The number of aliphatic carboxylic acids is 1. The molecule has 0 aromatic heterocycles. The minimum atomic E-state index is -4.76. The summed E-state index contributed by atoms with van der Waals surface area (Å²) in [7, 11) is -4.76. The summed E-state index contributed by atoms with van der Waals surface area (Å²) in [6, 6.07) is -1.55. The van der Waals surface area contributed by atoms with Crippen molar-refractivity contribution in [2.45, 2.75) is 199 Å². The van der Waals surface area contributed by atoms with Crippen molar-refractivity contribution in [3.8, 4) is 0 Å². The number of rotatable bonds is 40. The molecule has 0 fully saturated rings. The van der Waals surface area contributed by atoms with Gasteiger partial charge >= 0.3 is 19.8 Å². The van der Waals surface area contributed by atoms with E-state index in [1.807, 2.05) is 0 Å². The zero-order chi connectivity index (χ0) is 40.7. The molecule has 0 heterocycles. The number of nitrogens with one attached hydrogen (secondary N) is 1. The van der Waals surface area contributed by atoms with Crippen LogP contribution in [0.3, 0.4) is 0 Å². The second kappa shape index (κ2) is 38.6. The first-order chi connectivity index (χ1) is 26.6. The van der Waals surface area contributed by atoms with Gasteiger partial charge in [-0.15, -0.1) is 0 Å². The Hall–Kier alpha value is -2.30. The Morgan fingerprint density at radius 2 is 1.00 bits per heavy atom. The van der Waals surface area contributed by atoms with Crippen molar-refractivity contribution >= 4 is 25.7 Å². The highest BCUT2D eigenvalue weighted by Crippen LogP contribution is 2.43. The number of hydrogen-bond acceptors (Lipinski definition) is 8. The third kappa shape index (κ3) is 38.4. The molecule has 11 nitrogen and oxygen atoms in total. The van der Waals surface area contributed by atoms with Gasteiger partial charge in [-0.1, -0.05) is 140 Å². The molecule has 3 unspecified atom stereocenters. The molecule has 0 aliphatic heterocycles. The van der Waals surface area contributed by atoms with Crippen LogP contribution < -0.4 is 5.32 Å². The van der Waals surface area contributed by atoms with Crippen molar-refractivity contribution in [3.63, 3.8) is 0 Å². The van der Waals surface area contributed by atoms with Crippen LogP contribution in [-0.4, -0.2) is 64.9 Å². The van der Waals surface area contributed by atoms with Gasteiger partial charge in [0, 0.05) is 12.8 Å². The fourth-order valence-corrected chi connectivity index (χ4v) is 6.52. The molecule has 0 spiro atoms. The lowest BCUT2D eigenvalue weighted by atomic mass is 10.1. The summed E-state index contributed by atoms with van der Waals surface area (Å²) in [6.45, 7) is 2.55. The van der Waals surface area contributed by atoms with E-state index in [4.69, 9.17) is 13.8 Å². The number of carbonyl (C=O) groups is 3. The van der Waals surface area contributed by atoms with E-state index in [0.29, 0.717) is 12.8 Å². The molecule has 0 aromatic carbocycles. The second-order valence-electron chi connectivity index (χ2n) is 14.5. The Morgan fingerprint density at radius 1 is 0.582 bits per heavy atom. The predicted molar refractivity (Wildman–Crippen MR) is 222 cm³/mol. The van der Waals surface area contributed by atoms with Crippen molar-refractivity contribution in [1.29, 1.82) is 0 Å². The van der Waals surface area contributed by atoms with Crippen molar-refractivity contribution in [1.82, 2.24) is 5.32 Å². The van der Waals surface area contributed by atoms with E-state index in [1.165, 1.54) is 64.2 Å². The number of phosphoric acid groups is 1. The standard InChI is InChI=1S/C43H78NO10P/c1-3-5-7-9-11-13-15-17-19-21-22-24-26-28-30-32-34-41(46)44-40(43(48)49)38-54-55(50,51)53-37-39(45)36-52-42(47)35-33-31-29-27-25-23-20-18-16-14-12-10-8-6-4-2/h13,15,18-21,39-40,45H,3-12,14,16-17,22-38H2,1-2H3,(H,44,46)(H,48,49)(H,50,51)/b15-13-,20-18-,21-19-. The molecule has 0 bridgehead atoms. The van der Waals surface area contributed by atoms with Gasteiger partial charge in [0.15, 0.2) is 6.04 Å². The number of esters is 1. The first-order valence-electron chi connectivity index (χ1n) is 21.5. The van der Waals surface area contributed by atoms with Gasteiger partial charge in [0.1, 0.15) is 12.7 Å². The molecule has 0 aromatic rings.